The van der Waals surface area contributed by atoms with Crippen LogP contribution in [-0.4, -0.2) is 17.3 Å². The van der Waals surface area contributed by atoms with Gasteiger partial charge in [0, 0.05) is 30.3 Å². The quantitative estimate of drug-likeness (QED) is 0.455. The zero-order valence-electron chi connectivity index (χ0n) is 16.9. The van der Waals surface area contributed by atoms with E-state index >= 15 is 0 Å². The number of ether oxygens (including phenoxy) is 1. The summed E-state index contributed by atoms with van der Waals surface area (Å²) in [5.41, 5.74) is 10.0. The van der Waals surface area contributed by atoms with E-state index < -0.39 is 11.6 Å². The molecule has 0 aliphatic heterocycles. The monoisotopic (exact) mass is 421 g/mol. The summed E-state index contributed by atoms with van der Waals surface area (Å²) < 4.78 is 37.9. The lowest BCUT2D eigenvalue weighted by Gasteiger charge is -2.10. The Morgan fingerprint density at radius 3 is 2.52 bits per heavy atom. The highest BCUT2D eigenvalue weighted by Gasteiger charge is 2.13. The number of aromatic nitrogens is 2. The second kappa shape index (κ2) is 8.95. The number of hydrogen-bond acceptors (Lipinski definition) is 5. The average Bonchev–Trinajstić information content (AvgIpc) is 3.21. The van der Waals surface area contributed by atoms with Gasteiger partial charge in [-0.1, -0.05) is 29.4 Å². The van der Waals surface area contributed by atoms with Gasteiger partial charge in [0.1, 0.15) is 11.6 Å². The fourth-order valence-electron chi connectivity index (χ4n) is 3.49. The van der Waals surface area contributed by atoms with Gasteiger partial charge in [0.2, 0.25) is 0 Å². The van der Waals surface area contributed by atoms with E-state index in [0.29, 0.717) is 42.0 Å². The molecule has 0 amide bonds. The second-order valence-electron chi connectivity index (χ2n) is 7.19. The topological polar surface area (TPSA) is 74.2 Å². The van der Waals surface area contributed by atoms with Gasteiger partial charge in [-0.3, -0.25) is 0 Å². The Bertz CT molecular complexity index is 1190. The molecule has 0 aliphatic rings. The number of methoxy groups -OCH3 is 1. The molecule has 0 aliphatic carbocycles. The lowest BCUT2D eigenvalue weighted by Crippen LogP contribution is -1.99. The van der Waals surface area contributed by atoms with Crippen molar-refractivity contribution in [3.63, 3.8) is 0 Å². The zero-order chi connectivity index (χ0) is 21.8. The van der Waals surface area contributed by atoms with Crippen molar-refractivity contribution in [2.45, 2.75) is 19.3 Å². The molecule has 2 N–H and O–H groups in total. The smallest absolute Gasteiger partial charge is 0.170 e. The molecular formula is C24H21F2N3O2. The van der Waals surface area contributed by atoms with E-state index in [4.69, 9.17) is 15.0 Å². The summed E-state index contributed by atoms with van der Waals surface area (Å²) in [5, 5.41) is 4.12. The number of nitrogens with two attached hydrogens (primary N) is 1. The zero-order valence-corrected chi connectivity index (χ0v) is 16.9. The normalized spacial score (nSPS) is 10.9. The van der Waals surface area contributed by atoms with Crippen LogP contribution in [0.4, 0.5) is 14.6 Å². The SMILES string of the molecule is COc1c(F)cc(F)cc1CCc1ccc(Cc2cc(-c3cccnc3N)on2)cc1. The Labute approximate surface area is 178 Å². The first kappa shape index (κ1) is 20.5. The number of nitrogens with zero attached hydrogens (tertiary/aromatic N) is 2. The Kier molecular flexibility index (Phi) is 5.93. The third-order valence-electron chi connectivity index (χ3n) is 5.04. The molecule has 0 saturated carbocycles. The molecule has 0 unspecified atom stereocenters. The van der Waals surface area contributed by atoms with Gasteiger partial charge >= 0.3 is 0 Å². The van der Waals surface area contributed by atoms with Gasteiger partial charge < -0.3 is 15.0 Å². The molecule has 0 atom stereocenters. The first-order valence-electron chi connectivity index (χ1n) is 9.79. The van der Waals surface area contributed by atoms with Crippen molar-refractivity contribution in [2.75, 3.05) is 12.8 Å². The molecule has 5 nitrogen and oxygen atoms in total. The van der Waals surface area contributed by atoms with Gasteiger partial charge in [-0.05, 0) is 42.2 Å². The van der Waals surface area contributed by atoms with Crippen LogP contribution in [0.2, 0.25) is 0 Å². The van der Waals surface area contributed by atoms with Gasteiger partial charge in [0.25, 0.3) is 0 Å². The molecule has 0 radical (unpaired) electrons. The van der Waals surface area contributed by atoms with Crippen molar-refractivity contribution in [3.05, 3.63) is 94.8 Å². The van der Waals surface area contributed by atoms with Crippen molar-refractivity contribution in [1.82, 2.24) is 10.1 Å². The van der Waals surface area contributed by atoms with Crippen LogP contribution in [0.25, 0.3) is 11.3 Å². The largest absolute Gasteiger partial charge is 0.493 e. The van der Waals surface area contributed by atoms with E-state index in [2.05, 4.69) is 10.1 Å². The van der Waals surface area contributed by atoms with Crippen LogP contribution in [0, 0.1) is 11.6 Å². The Morgan fingerprint density at radius 1 is 1.00 bits per heavy atom. The highest BCUT2D eigenvalue weighted by molar-refractivity contribution is 5.69. The van der Waals surface area contributed by atoms with Crippen LogP contribution >= 0.6 is 0 Å². The maximum Gasteiger partial charge on any atom is 0.170 e. The van der Waals surface area contributed by atoms with E-state index in [0.717, 1.165) is 22.9 Å². The molecular weight excluding hydrogens is 400 g/mol. The summed E-state index contributed by atoms with van der Waals surface area (Å²) in [6.45, 7) is 0. The molecule has 0 spiro atoms. The molecule has 2 heterocycles. The van der Waals surface area contributed by atoms with Crippen molar-refractivity contribution >= 4 is 5.82 Å². The number of benzene rings is 2. The average molecular weight is 421 g/mol. The molecule has 2 aromatic heterocycles. The third-order valence-corrected chi connectivity index (χ3v) is 5.04. The van der Waals surface area contributed by atoms with Crippen LogP contribution in [0.5, 0.6) is 5.75 Å². The molecule has 2 aromatic carbocycles. The third kappa shape index (κ3) is 4.71. The van der Waals surface area contributed by atoms with E-state index in [1.165, 1.54) is 13.2 Å². The van der Waals surface area contributed by atoms with Crippen molar-refractivity contribution < 1.29 is 18.0 Å². The van der Waals surface area contributed by atoms with Crippen LogP contribution in [-0.2, 0) is 19.3 Å². The van der Waals surface area contributed by atoms with Gasteiger partial charge in [-0.15, -0.1) is 0 Å². The Hall–Kier alpha value is -3.74. The number of anilines is 1. The molecule has 0 saturated heterocycles. The summed E-state index contributed by atoms with van der Waals surface area (Å²) in [7, 11) is 1.38. The standard InChI is InChI=1S/C24H21F2N3O2/c1-30-23-17(12-18(25)13-21(23)26)9-8-15-4-6-16(7-5-15)11-19-14-22(31-29-19)20-3-2-10-28-24(20)27/h2-7,10,12-14H,8-9,11H2,1H3,(H2,27,28). The molecule has 4 rings (SSSR count). The lowest BCUT2D eigenvalue weighted by molar-refractivity contribution is 0.378. The summed E-state index contributed by atoms with van der Waals surface area (Å²) >= 11 is 0. The predicted molar refractivity (Wildman–Crippen MR) is 114 cm³/mol. The molecule has 7 heteroatoms. The highest BCUT2D eigenvalue weighted by atomic mass is 19.1. The number of hydrogen-bond donors (Lipinski definition) is 1. The first-order valence-corrected chi connectivity index (χ1v) is 9.79. The van der Waals surface area contributed by atoms with Crippen molar-refractivity contribution in [3.8, 4) is 17.1 Å². The van der Waals surface area contributed by atoms with Gasteiger partial charge in [-0.2, -0.15) is 0 Å². The summed E-state index contributed by atoms with van der Waals surface area (Å²) in [6.07, 6.45) is 3.33. The van der Waals surface area contributed by atoms with Gasteiger partial charge in [0.15, 0.2) is 17.3 Å². The summed E-state index contributed by atoms with van der Waals surface area (Å²) in [5.74, 6) is -0.233. The Balaban J connectivity index is 1.41. The highest BCUT2D eigenvalue weighted by Crippen LogP contribution is 2.27. The summed E-state index contributed by atoms with van der Waals surface area (Å²) in [4.78, 5) is 4.06. The van der Waals surface area contributed by atoms with Gasteiger partial charge in [0.05, 0.1) is 18.4 Å². The minimum atomic E-state index is -0.687. The van der Waals surface area contributed by atoms with E-state index in [9.17, 15) is 8.78 Å². The molecule has 0 fully saturated rings. The Morgan fingerprint density at radius 2 is 1.77 bits per heavy atom. The van der Waals surface area contributed by atoms with Crippen LogP contribution < -0.4 is 10.5 Å². The predicted octanol–water partition coefficient (Wildman–Crippen LogP) is 4.98. The molecule has 31 heavy (non-hydrogen) atoms. The van der Waals surface area contributed by atoms with Crippen molar-refractivity contribution in [2.24, 2.45) is 0 Å². The maximum atomic E-state index is 13.8. The number of rotatable bonds is 7. The van der Waals surface area contributed by atoms with E-state index in [-0.39, 0.29) is 5.75 Å². The molecule has 4 aromatic rings. The minimum Gasteiger partial charge on any atom is -0.493 e. The second-order valence-corrected chi connectivity index (χ2v) is 7.19. The summed E-state index contributed by atoms with van der Waals surface area (Å²) in [6, 6.07) is 15.6. The number of nitrogen functional groups attached to an aromatic ring is 1. The molecule has 0 bridgehead atoms. The number of pyridine rings is 1. The minimum absolute atomic E-state index is 0.0918. The van der Waals surface area contributed by atoms with Crippen LogP contribution in [0.15, 0.2) is 65.3 Å². The fourth-order valence-corrected chi connectivity index (χ4v) is 3.49. The first-order chi connectivity index (χ1) is 15.0. The number of aryl methyl sites for hydroxylation is 2. The fraction of sp³-hybridized carbons (Fsp3) is 0.167. The van der Waals surface area contributed by atoms with Crippen LogP contribution in [0.1, 0.15) is 22.4 Å². The van der Waals surface area contributed by atoms with Crippen LogP contribution in [0.3, 0.4) is 0 Å². The van der Waals surface area contributed by atoms with Gasteiger partial charge in [-0.25, -0.2) is 13.8 Å². The van der Waals surface area contributed by atoms with Crippen molar-refractivity contribution in [1.29, 1.82) is 0 Å². The van der Waals surface area contributed by atoms with E-state index in [1.807, 2.05) is 36.4 Å². The van der Waals surface area contributed by atoms with E-state index in [1.54, 1.807) is 12.3 Å². The lowest BCUT2D eigenvalue weighted by atomic mass is 10.0. The number of halogens is 2. The maximum absolute atomic E-state index is 13.8. The molecule has 158 valence electrons.